The molecular weight excluding hydrogens is 200 g/mol. The fourth-order valence-electron chi connectivity index (χ4n) is 1.86. The summed E-state index contributed by atoms with van der Waals surface area (Å²) in [6.45, 7) is 4.58. The molecule has 0 aliphatic rings. The lowest BCUT2D eigenvalue weighted by Gasteiger charge is -2.07. The summed E-state index contributed by atoms with van der Waals surface area (Å²) in [5, 5.41) is 8.46. The summed E-state index contributed by atoms with van der Waals surface area (Å²) < 4.78 is 0. The number of hydrogen-bond donors (Lipinski definition) is 1. The molecule has 0 radical (unpaired) electrons. The first-order chi connectivity index (χ1) is 7.66. The molecule has 0 unspecified atom stereocenters. The minimum Gasteiger partial charge on any atom is -0.481 e. The van der Waals surface area contributed by atoms with E-state index in [-0.39, 0.29) is 0 Å². The van der Waals surface area contributed by atoms with Crippen LogP contribution in [-0.2, 0) is 4.79 Å². The first kappa shape index (κ1) is 15.5. The van der Waals surface area contributed by atoms with Crippen LogP contribution in [0.5, 0.6) is 0 Å². The van der Waals surface area contributed by atoms with Gasteiger partial charge in [0.2, 0.25) is 0 Å². The van der Waals surface area contributed by atoms with Gasteiger partial charge < -0.3 is 5.11 Å². The molecule has 0 aromatic heterocycles. The van der Waals surface area contributed by atoms with Gasteiger partial charge in [0, 0.05) is 6.42 Å². The highest BCUT2D eigenvalue weighted by atomic mass is 16.4. The maximum atomic E-state index is 10.3. The fraction of sp³-hybridized carbons (Fsp3) is 0.929. The molecule has 0 bridgehead atoms. The lowest BCUT2D eigenvalue weighted by Crippen LogP contribution is -1.93. The van der Waals surface area contributed by atoms with Crippen molar-refractivity contribution in [2.24, 2.45) is 5.92 Å². The number of aliphatic carboxylic acids is 1. The van der Waals surface area contributed by atoms with Gasteiger partial charge in [-0.2, -0.15) is 0 Å². The second-order valence-corrected chi connectivity index (χ2v) is 4.92. The summed E-state index contributed by atoms with van der Waals surface area (Å²) in [7, 11) is 0. The van der Waals surface area contributed by atoms with Gasteiger partial charge in [-0.25, -0.2) is 0 Å². The fourth-order valence-corrected chi connectivity index (χ4v) is 1.86. The lowest BCUT2D eigenvalue weighted by atomic mass is 10.00. The third kappa shape index (κ3) is 11.5. The quantitative estimate of drug-likeness (QED) is 0.523. The van der Waals surface area contributed by atoms with Crippen LogP contribution >= 0.6 is 0 Å². The minimum atomic E-state index is -0.659. The van der Waals surface area contributed by atoms with E-state index < -0.39 is 5.97 Å². The smallest absolute Gasteiger partial charge is 0.303 e. The highest BCUT2D eigenvalue weighted by Crippen LogP contribution is 2.14. The number of carbonyl (C=O) groups is 1. The van der Waals surface area contributed by atoms with Crippen LogP contribution in [0, 0.1) is 5.92 Å². The van der Waals surface area contributed by atoms with Crippen molar-refractivity contribution >= 4 is 5.97 Å². The minimum absolute atomic E-state index is 0.341. The zero-order valence-corrected chi connectivity index (χ0v) is 11.0. The van der Waals surface area contributed by atoms with Gasteiger partial charge in [0.1, 0.15) is 0 Å². The Kier molecular flexibility index (Phi) is 10.6. The number of rotatable bonds is 11. The topological polar surface area (TPSA) is 37.3 Å². The van der Waals surface area contributed by atoms with Crippen molar-refractivity contribution in [3.8, 4) is 0 Å². The average molecular weight is 228 g/mol. The van der Waals surface area contributed by atoms with Gasteiger partial charge in [-0.1, -0.05) is 65.2 Å². The number of hydrogen-bond acceptors (Lipinski definition) is 1. The van der Waals surface area contributed by atoms with Crippen LogP contribution in [0.3, 0.4) is 0 Å². The third-order valence-electron chi connectivity index (χ3n) is 3.28. The van der Waals surface area contributed by atoms with Crippen molar-refractivity contribution in [2.75, 3.05) is 0 Å². The predicted octanol–water partition coefficient (Wildman–Crippen LogP) is 4.63. The Bertz CT molecular complexity index is 166. The Labute approximate surface area is 100 Å². The highest BCUT2D eigenvalue weighted by molar-refractivity contribution is 5.66. The summed E-state index contributed by atoms with van der Waals surface area (Å²) in [6.07, 6.45) is 11.5. The van der Waals surface area contributed by atoms with E-state index in [2.05, 4.69) is 13.8 Å². The van der Waals surface area contributed by atoms with Crippen molar-refractivity contribution in [3.05, 3.63) is 0 Å². The van der Waals surface area contributed by atoms with Gasteiger partial charge in [0.25, 0.3) is 0 Å². The summed E-state index contributed by atoms with van der Waals surface area (Å²) in [6, 6.07) is 0. The molecule has 0 saturated carbocycles. The Hall–Kier alpha value is -0.530. The Morgan fingerprint density at radius 3 is 2.00 bits per heavy atom. The van der Waals surface area contributed by atoms with E-state index in [1.54, 1.807) is 0 Å². The Morgan fingerprint density at radius 1 is 1.00 bits per heavy atom. The number of carboxylic acids is 1. The summed E-state index contributed by atoms with van der Waals surface area (Å²) in [5.74, 6) is 0.226. The molecule has 0 spiro atoms. The van der Waals surface area contributed by atoms with Crippen molar-refractivity contribution in [1.29, 1.82) is 0 Å². The van der Waals surface area contributed by atoms with E-state index in [9.17, 15) is 4.79 Å². The van der Waals surface area contributed by atoms with Gasteiger partial charge in [-0.3, -0.25) is 4.79 Å². The zero-order chi connectivity index (χ0) is 12.2. The molecule has 0 amide bonds. The molecule has 0 heterocycles. The van der Waals surface area contributed by atoms with Gasteiger partial charge in [0.05, 0.1) is 0 Å². The molecule has 16 heavy (non-hydrogen) atoms. The van der Waals surface area contributed by atoms with Crippen LogP contribution in [0.2, 0.25) is 0 Å². The molecular formula is C14H28O2. The molecule has 0 aliphatic carbocycles. The standard InChI is InChI=1S/C14H28O2/c1-3-13(2)11-9-7-5-4-6-8-10-12-14(15)16/h13H,3-12H2,1-2H3,(H,15,16)/t13-/m0/s1. The van der Waals surface area contributed by atoms with Crippen molar-refractivity contribution < 1.29 is 9.90 Å². The first-order valence-corrected chi connectivity index (χ1v) is 6.88. The number of carboxylic acid groups (broad SMARTS) is 1. The van der Waals surface area contributed by atoms with E-state index >= 15 is 0 Å². The van der Waals surface area contributed by atoms with Crippen molar-refractivity contribution in [1.82, 2.24) is 0 Å². The molecule has 1 atom stereocenters. The van der Waals surface area contributed by atoms with Crippen LogP contribution in [0.4, 0.5) is 0 Å². The maximum absolute atomic E-state index is 10.3. The summed E-state index contributed by atoms with van der Waals surface area (Å²) in [4.78, 5) is 10.3. The van der Waals surface area contributed by atoms with Crippen LogP contribution in [0.15, 0.2) is 0 Å². The Morgan fingerprint density at radius 2 is 1.50 bits per heavy atom. The predicted molar refractivity (Wildman–Crippen MR) is 68.6 cm³/mol. The van der Waals surface area contributed by atoms with E-state index in [0.717, 1.165) is 18.8 Å². The van der Waals surface area contributed by atoms with Crippen LogP contribution < -0.4 is 0 Å². The normalized spacial score (nSPS) is 12.6. The van der Waals surface area contributed by atoms with E-state index in [1.165, 1.54) is 44.9 Å². The molecule has 0 aliphatic heterocycles. The second-order valence-electron chi connectivity index (χ2n) is 4.92. The molecule has 1 N–H and O–H groups in total. The van der Waals surface area contributed by atoms with Crippen LogP contribution in [-0.4, -0.2) is 11.1 Å². The van der Waals surface area contributed by atoms with Crippen molar-refractivity contribution in [2.45, 2.75) is 78.1 Å². The van der Waals surface area contributed by atoms with Crippen molar-refractivity contribution in [3.63, 3.8) is 0 Å². The lowest BCUT2D eigenvalue weighted by molar-refractivity contribution is -0.137. The monoisotopic (exact) mass is 228 g/mol. The molecule has 0 aromatic rings. The molecule has 0 rings (SSSR count). The first-order valence-electron chi connectivity index (χ1n) is 6.88. The molecule has 0 saturated heterocycles. The van der Waals surface area contributed by atoms with Crippen LogP contribution in [0.25, 0.3) is 0 Å². The summed E-state index contributed by atoms with van der Waals surface area (Å²) in [5.41, 5.74) is 0. The molecule has 96 valence electrons. The van der Waals surface area contributed by atoms with Gasteiger partial charge >= 0.3 is 5.97 Å². The van der Waals surface area contributed by atoms with Gasteiger partial charge in [-0.15, -0.1) is 0 Å². The highest BCUT2D eigenvalue weighted by Gasteiger charge is 1.99. The van der Waals surface area contributed by atoms with Gasteiger partial charge in [0.15, 0.2) is 0 Å². The molecule has 0 aromatic carbocycles. The average Bonchev–Trinajstić information content (AvgIpc) is 2.26. The maximum Gasteiger partial charge on any atom is 0.303 e. The van der Waals surface area contributed by atoms with E-state index in [0.29, 0.717) is 6.42 Å². The molecule has 2 heteroatoms. The second kappa shape index (κ2) is 11.0. The third-order valence-corrected chi connectivity index (χ3v) is 3.28. The zero-order valence-electron chi connectivity index (χ0n) is 11.0. The van der Waals surface area contributed by atoms with E-state index in [1.807, 2.05) is 0 Å². The van der Waals surface area contributed by atoms with Gasteiger partial charge in [-0.05, 0) is 12.3 Å². The SMILES string of the molecule is CC[C@H](C)CCCCCCCCCC(=O)O. The molecule has 2 nitrogen and oxygen atoms in total. The molecule has 0 fully saturated rings. The van der Waals surface area contributed by atoms with E-state index in [4.69, 9.17) is 5.11 Å². The Balaban J connectivity index is 3.01. The largest absolute Gasteiger partial charge is 0.481 e. The van der Waals surface area contributed by atoms with Crippen LogP contribution in [0.1, 0.15) is 78.1 Å². The number of unbranched alkanes of at least 4 members (excludes halogenated alkanes) is 6. The summed E-state index contributed by atoms with van der Waals surface area (Å²) >= 11 is 0.